The van der Waals surface area contributed by atoms with Crippen molar-refractivity contribution in [2.75, 3.05) is 11.5 Å². The molecule has 0 bridgehead atoms. The summed E-state index contributed by atoms with van der Waals surface area (Å²) >= 11 is 5.29. The molecule has 0 saturated heterocycles. The Morgan fingerprint density at radius 2 is 1.52 bits per heavy atom. The number of rotatable bonds is 4. The molecule has 9 N–H and O–H groups in total. The second kappa shape index (κ2) is 18.7. The first-order valence-electron chi connectivity index (χ1n) is 12.7. The van der Waals surface area contributed by atoms with Gasteiger partial charge in [-0.1, -0.05) is 28.9 Å². The first-order valence-corrected chi connectivity index (χ1v) is 13.1. The Bertz CT molecular complexity index is 1640. The van der Waals surface area contributed by atoms with Crippen LogP contribution in [0.1, 0.15) is 58.6 Å². The number of benzene rings is 2. The first kappa shape index (κ1) is 37.9. The van der Waals surface area contributed by atoms with Crippen LogP contribution >= 0.6 is 11.6 Å². The van der Waals surface area contributed by atoms with Crippen molar-refractivity contribution >= 4 is 40.7 Å². The summed E-state index contributed by atoms with van der Waals surface area (Å²) < 4.78 is 34.6. The van der Waals surface area contributed by atoms with E-state index in [0.717, 1.165) is 42.4 Å². The molecular formula is C25H26ClF2N10NaO7. The number of hydrogen-bond acceptors (Lipinski definition) is 16. The number of halogens is 3. The van der Waals surface area contributed by atoms with Gasteiger partial charge < -0.3 is 32.6 Å². The van der Waals surface area contributed by atoms with Crippen LogP contribution in [-0.4, -0.2) is 48.5 Å². The van der Waals surface area contributed by atoms with E-state index in [1.54, 1.807) is 12.1 Å². The van der Waals surface area contributed by atoms with Gasteiger partial charge in [0, 0.05) is 6.04 Å². The number of carbonyl (C=O) groups excluding carboxylic acids is 1. The van der Waals surface area contributed by atoms with Crippen molar-refractivity contribution in [3.05, 3.63) is 81.7 Å². The molecule has 0 saturated carbocycles. The third kappa shape index (κ3) is 10.1. The van der Waals surface area contributed by atoms with Gasteiger partial charge >= 0.3 is 29.6 Å². The van der Waals surface area contributed by atoms with Gasteiger partial charge in [-0.25, -0.2) is 18.0 Å². The number of hydroxylamine groups is 1. The maximum Gasteiger partial charge on any atom is 1.00 e. The zero-order valence-electron chi connectivity index (χ0n) is 24.0. The smallest absolute Gasteiger partial charge is 0.662 e. The fraction of sp³-hybridized carbons (Fsp3) is 0.240. The van der Waals surface area contributed by atoms with E-state index in [1.165, 1.54) is 23.8 Å². The number of nitrogen functional groups attached to an aromatic ring is 2. The van der Waals surface area contributed by atoms with Crippen molar-refractivity contribution in [3.8, 4) is 0 Å². The van der Waals surface area contributed by atoms with E-state index in [1.807, 2.05) is 11.5 Å². The molecule has 240 valence electrons. The minimum Gasteiger partial charge on any atom is -0.662 e. The maximum atomic E-state index is 13.3. The number of carbonyl (C=O) groups is 1. The number of anilines is 2. The Morgan fingerprint density at radius 3 is 2.02 bits per heavy atom. The standard InChI is InChI=1S/C12H12FN5O2.C9H10FN.C3H3ClN4O2.CH2O3.Na/c13-7-3-1-6-2-4-9(8(6)5-7)15-12(16-19)10-11(14)18-20-17-10;10-7-3-1-6-2-4-9(11)8(6)5-7;4-2(6-9)1-3(5)8-10-7-1;2-1-4-3;/h1,3,5,9,19H,2,4H2,(H2,14,18)(H,15,16);1,3,5,9H,2,4,11H2;9H,(H2,5,8);1,3H;/q;;;;+1/p-1/b;;6-2-;;. The zero-order chi connectivity index (χ0) is 32.9. The molecular weight excluding hydrogens is 649 g/mol. The van der Waals surface area contributed by atoms with Crippen LogP contribution in [0.15, 0.2) is 55.8 Å². The van der Waals surface area contributed by atoms with Gasteiger partial charge in [-0.2, -0.15) is 0 Å². The number of oxime groups is 1. The van der Waals surface area contributed by atoms with Crippen LogP contribution in [0.3, 0.4) is 0 Å². The van der Waals surface area contributed by atoms with Gasteiger partial charge in [0.1, 0.15) is 11.6 Å². The molecule has 2 unspecified atom stereocenters. The number of nitrogens with zero attached hydrogens (tertiary/aromatic N) is 6. The van der Waals surface area contributed by atoms with Crippen molar-refractivity contribution in [3.63, 3.8) is 0 Å². The Balaban J connectivity index is 0.000000241. The first-order chi connectivity index (χ1) is 21.6. The van der Waals surface area contributed by atoms with Crippen molar-refractivity contribution in [1.82, 2.24) is 26.1 Å². The average Bonchev–Trinajstić information content (AvgIpc) is 3.85. The molecule has 2 atom stereocenters. The topological polar surface area (TPSA) is 282 Å². The summed E-state index contributed by atoms with van der Waals surface area (Å²) in [5.74, 6) is -0.440. The summed E-state index contributed by atoms with van der Waals surface area (Å²) in [6, 6.07) is 9.29. The summed E-state index contributed by atoms with van der Waals surface area (Å²) in [5, 5.41) is 41.5. The van der Waals surface area contributed by atoms with Crippen LogP contribution in [0.2, 0.25) is 0 Å². The van der Waals surface area contributed by atoms with Gasteiger partial charge in [0.25, 0.3) is 6.47 Å². The van der Waals surface area contributed by atoms with Crippen molar-refractivity contribution in [2.45, 2.75) is 37.8 Å². The van der Waals surface area contributed by atoms with Crippen LogP contribution in [0.4, 0.5) is 20.4 Å². The number of aliphatic imine (C=N–C) groups is 1. The Morgan fingerprint density at radius 1 is 1.00 bits per heavy atom. The summed E-state index contributed by atoms with van der Waals surface area (Å²) in [6.07, 6.45) is 3.47. The second-order valence-corrected chi connectivity index (χ2v) is 9.41. The van der Waals surface area contributed by atoms with Crippen LogP contribution in [0, 0.1) is 11.6 Å². The molecule has 0 spiro atoms. The summed E-state index contributed by atoms with van der Waals surface area (Å²) in [5.41, 5.74) is 22.6. The van der Waals surface area contributed by atoms with Crippen molar-refractivity contribution in [1.29, 1.82) is 0 Å². The fourth-order valence-corrected chi connectivity index (χ4v) is 4.47. The summed E-state index contributed by atoms with van der Waals surface area (Å²) in [4.78, 5) is 15.6. The van der Waals surface area contributed by atoms with E-state index in [-0.39, 0.29) is 93.8 Å². The van der Waals surface area contributed by atoms with E-state index in [2.05, 4.69) is 44.9 Å². The average molecular weight is 675 g/mol. The number of hydrogen-bond donors (Lipinski definition) is 6. The molecule has 0 aliphatic heterocycles. The molecule has 2 heterocycles. The van der Waals surface area contributed by atoms with Gasteiger partial charge in [-0.05, 0) is 92.8 Å². The van der Waals surface area contributed by atoms with Crippen LogP contribution in [-0.2, 0) is 22.5 Å². The Kier molecular flexibility index (Phi) is 15.4. The van der Waals surface area contributed by atoms with E-state index < -0.39 is 0 Å². The Hall–Kier alpha value is -4.24. The molecule has 17 nitrogen and oxygen atoms in total. The van der Waals surface area contributed by atoms with Gasteiger partial charge in [0.05, 0.1) is 6.04 Å². The maximum absolute atomic E-state index is 13.3. The molecule has 2 aromatic carbocycles. The predicted octanol–water partition coefficient (Wildman–Crippen LogP) is -1.56. The molecule has 0 amide bonds. The fourth-order valence-electron chi connectivity index (χ4n) is 4.34. The van der Waals surface area contributed by atoms with Crippen LogP contribution < -0.4 is 57.5 Å². The minimum atomic E-state index is -0.313. The number of amidine groups is 1. The van der Waals surface area contributed by atoms with Gasteiger partial charge in [0.2, 0.25) is 5.17 Å². The summed E-state index contributed by atoms with van der Waals surface area (Å²) in [6.45, 7) is -0.181. The molecule has 0 radical (unpaired) electrons. The van der Waals surface area contributed by atoms with Gasteiger partial charge in [-0.3, -0.25) is 20.5 Å². The number of aromatic nitrogens is 4. The SMILES string of the molecule is NC1CCc2ccc(F)cc21.Nc1nonc1/C(Cl)=N/O.Nc1nonc1C(=NC1CCc2ccc(F)cc21)NO.O=CO[O-].[Na+]. The number of nitrogens with two attached hydrogens (primary N) is 3. The largest absolute Gasteiger partial charge is 1.00 e. The molecule has 6 rings (SSSR count). The quantitative estimate of drug-likeness (QED) is 0.0271. The number of nitrogens with one attached hydrogen (secondary N) is 1. The second-order valence-electron chi connectivity index (χ2n) is 9.05. The molecule has 2 aromatic heterocycles. The van der Waals surface area contributed by atoms with Crippen LogP contribution in [0.5, 0.6) is 0 Å². The molecule has 0 fully saturated rings. The van der Waals surface area contributed by atoms with Crippen LogP contribution in [0.25, 0.3) is 0 Å². The van der Waals surface area contributed by atoms with Gasteiger partial charge in [0.15, 0.2) is 28.9 Å². The molecule has 21 heteroatoms. The van der Waals surface area contributed by atoms with E-state index in [9.17, 15) is 8.78 Å². The number of fused-ring (bicyclic) bond motifs is 2. The predicted molar refractivity (Wildman–Crippen MR) is 149 cm³/mol. The normalized spacial score (nSPS) is 16.1. The third-order valence-corrected chi connectivity index (χ3v) is 6.61. The molecule has 46 heavy (non-hydrogen) atoms. The van der Waals surface area contributed by atoms with Crippen molar-refractivity contribution in [2.24, 2.45) is 15.9 Å². The third-order valence-electron chi connectivity index (χ3n) is 6.35. The van der Waals surface area contributed by atoms with Crippen molar-refractivity contribution < 1.29 is 73.0 Å². The summed E-state index contributed by atoms with van der Waals surface area (Å²) in [7, 11) is 0. The van der Waals surface area contributed by atoms with E-state index in [0.29, 0.717) is 0 Å². The zero-order valence-corrected chi connectivity index (χ0v) is 26.8. The van der Waals surface area contributed by atoms with E-state index >= 15 is 0 Å². The molecule has 4 aromatic rings. The monoisotopic (exact) mass is 674 g/mol. The molecule has 2 aliphatic carbocycles. The Labute approximate surface area is 285 Å². The van der Waals surface area contributed by atoms with Gasteiger partial charge in [-0.15, -0.1) is 0 Å². The molecule has 2 aliphatic rings. The number of aryl methyl sites for hydroxylation is 2. The minimum absolute atomic E-state index is 0. The van der Waals surface area contributed by atoms with E-state index in [4.69, 9.17) is 49.3 Å².